The molecular formula is C14H16N2O2S. The number of hydrogen-bond acceptors (Lipinski definition) is 3. The van der Waals surface area contributed by atoms with E-state index in [4.69, 9.17) is 5.11 Å². The Kier molecular flexibility index (Phi) is 3.22. The van der Waals surface area contributed by atoms with Gasteiger partial charge in [0.15, 0.2) is 0 Å². The fourth-order valence-electron chi connectivity index (χ4n) is 2.75. The third-order valence-corrected chi connectivity index (χ3v) is 4.72. The number of carboxylic acids is 1. The van der Waals surface area contributed by atoms with Gasteiger partial charge in [-0.05, 0) is 49.5 Å². The van der Waals surface area contributed by atoms with E-state index in [1.807, 2.05) is 18.7 Å². The Morgan fingerprint density at radius 2 is 2.16 bits per heavy atom. The monoisotopic (exact) mass is 276 g/mol. The van der Waals surface area contributed by atoms with E-state index < -0.39 is 5.97 Å². The fraction of sp³-hybridized carbons (Fsp3) is 0.429. The lowest BCUT2D eigenvalue weighted by Gasteiger charge is -2.24. The normalized spacial score (nSPS) is 16.9. The Labute approximate surface area is 115 Å². The summed E-state index contributed by atoms with van der Waals surface area (Å²) >= 11 is 1.99. The van der Waals surface area contributed by atoms with E-state index in [1.165, 1.54) is 11.5 Å². The highest BCUT2D eigenvalue weighted by molar-refractivity contribution is 7.99. The number of imidazole rings is 1. The zero-order chi connectivity index (χ0) is 13.4. The molecule has 1 saturated heterocycles. The van der Waals surface area contributed by atoms with Crippen molar-refractivity contribution in [3.05, 3.63) is 29.6 Å². The lowest BCUT2D eigenvalue weighted by atomic mass is 10.1. The largest absolute Gasteiger partial charge is 0.478 e. The lowest BCUT2D eigenvalue weighted by Crippen LogP contribution is -2.16. The zero-order valence-electron chi connectivity index (χ0n) is 10.8. The first-order valence-electron chi connectivity index (χ1n) is 6.46. The number of carboxylic acid groups (broad SMARTS) is 1. The van der Waals surface area contributed by atoms with Gasteiger partial charge in [0.1, 0.15) is 5.82 Å². The number of benzene rings is 1. The number of hydrogen-bond donors (Lipinski definition) is 1. The van der Waals surface area contributed by atoms with Crippen molar-refractivity contribution in [3.8, 4) is 0 Å². The molecule has 1 aromatic carbocycles. The van der Waals surface area contributed by atoms with E-state index in [0.29, 0.717) is 11.6 Å². The first-order chi connectivity index (χ1) is 9.16. The number of fused-ring (bicyclic) bond motifs is 1. The first kappa shape index (κ1) is 12.5. The molecule has 0 spiro atoms. The van der Waals surface area contributed by atoms with Crippen LogP contribution in [0.25, 0.3) is 11.0 Å². The molecule has 0 radical (unpaired) electrons. The van der Waals surface area contributed by atoms with Crippen molar-refractivity contribution in [2.45, 2.75) is 25.8 Å². The molecule has 1 aliphatic rings. The van der Waals surface area contributed by atoms with Gasteiger partial charge in [0.2, 0.25) is 0 Å². The molecule has 0 amide bonds. The van der Waals surface area contributed by atoms with Gasteiger partial charge >= 0.3 is 5.97 Å². The number of aromatic carboxylic acids is 1. The standard InChI is InChI=1S/C14H16N2O2S/c1-9-15-12-3-2-10(14(17)18)8-13(12)16(9)11-4-6-19-7-5-11/h2-3,8,11H,4-7H2,1H3,(H,17,18). The molecule has 1 aliphatic heterocycles. The summed E-state index contributed by atoms with van der Waals surface area (Å²) in [5, 5.41) is 9.12. The second-order valence-corrected chi connectivity index (χ2v) is 6.11. The van der Waals surface area contributed by atoms with Gasteiger partial charge in [-0.25, -0.2) is 9.78 Å². The van der Waals surface area contributed by atoms with Crippen LogP contribution in [-0.2, 0) is 0 Å². The van der Waals surface area contributed by atoms with Gasteiger partial charge in [0, 0.05) is 6.04 Å². The van der Waals surface area contributed by atoms with Crippen LogP contribution >= 0.6 is 11.8 Å². The average Bonchev–Trinajstić information content (AvgIpc) is 2.74. The second kappa shape index (κ2) is 4.89. The minimum atomic E-state index is -0.883. The van der Waals surface area contributed by atoms with Gasteiger partial charge < -0.3 is 9.67 Å². The summed E-state index contributed by atoms with van der Waals surface area (Å²) in [4.78, 5) is 15.7. The minimum absolute atomic E-state index is 0.332. The SMILES string of the molecule is Cc1nc2ccc(C(=O)O)cc2n1C1CCSCC1. The Morgan fingerprint density at radius 1 is 1.42 bits per heavy atom. The molecule has 0 unspecified atom stereocenters. The topological polar surface area (TPSA) is 55.1 Å². The van der Waals surface area contributed by atoms with Crippen LogP contribution in [0, 0.1) is 6.92 Å². The van der Waals surface area contributed by atoms with Crippen LogP contribution in [0.1, 0.15) is 35.1 Å². The van der Waals surface area contributed by atoms with E-state index in [9.17, 15) is 4.79 Å². The highest BCUT2D eigenvalue weighted by Gasteiger charge is 2.20. The summed E-state index contributed by atoms with van der Waals surface area (Å²) in [6, 6.07) is 5.63. The van der Waals surface area contributed by atoms with Crippen LogP contribution in [0.2, 0.25) is 0 Å². The molecule has 2 heterocycles. The summed E-state index contributed by atoms with van der Waals surface area (Å²) in [5.74, 6) is 2.44. The van der Waals surface area contributed by atoms with E-state index >= 15 is 0 Å². The van der Waals surface area contributed by atoms with Gasteiger partial charge in [0.25, 0.3) is 0 Å². The molecule has 0 aliphatic carbocycles. The van der Waals surface area contributed by atoms with Gasteiger partial charge in [-0.3, -0.25) is 0 Å². The molecular weight excluding hydrogens is 260 g/mol. The van der Waals surface area contributed by atoms with Gasteiger partial charge in [0.05, 0.1) is 16.6 Å². The summed E-state index contributed by atoms with van der Waals surface area (Å²) in [5.41, 5.74) is 2.17. The quantitative estimate of drug-likeness (QED) is 0.915. The Balaban J connectivity index is 2.13. The van der Waals surface area contributed by atoms with E-state index in [2.05, 4.69) is 9.55 Å². The molecule has 1 aromatic heterocycles. The number of nitrogens with zero attached hydrogens (tertiary/aromatic N) is 2. The smallest absolute Gasteiger partial charge is 0.335 e. The molecule has 2 aromatic rings. The van der Waals surface area contributed by atoms with E-state index in [1.54, 1.807) is 18.2 Å². The van der Waals surface area contributed by atoms with Crippen molar-refractivity contribution < 1.29 is 9.90 Å². The third-order valence-electron chi connectivity index (χ3n) is 3.67. The van der Waals surface area contributed by atoms with E-state index in [-0.39, 0.29) is 0 Å². The third kappa shape index (κ3) is 2.23. The highest BCUT2D eigenvalue weighted by atomic mass is 32.2. The summed E-state index contributed by atoms with van der Waals surface area (Å²) in [6.45, 7) is 2.00. The number of carbonyl (C=O) groups is 1. The Hall–Kier alpha value is -1.49. The molecule has 1 fully saturated rings. The van der Waals surface area contributed by atoms with Gasteiger partial charge in [-0.2, -0.15) is 11.8 Å². The van der Waals surface area contributed by atoms with Gasteiger partial charge in [-0.1, -0.05) is 0 Å². The van der Waals surface area contributed by atoms with Crippen molar-refractivity contribution in [2.75, 3.05) is 11.5 Å². The average molecular weight is 276 g/mol. The van der Waals surface area contributed by atoms with Crippen LogP contribution in [0.5, 0.6) is 0 Å². The maximum Gasteiger partial charge on any atom is 0.335 e. The first-order valence-corrected chi connectivity index (χ1v) is 7.62. The molecule has 5 heteroatoms. The molecule has 0 atom stereocenters. The predicted molar refractivity (Wildman–Crippen MR) is 77.0 cm³/mol. The number of aryl methyl sites for hydroxylation is 1. The van der Waals surface area contributed by atoms with Crippen molar-refractivity contribution in [1.29, 1.82) is 0 Å². The maximum atomic E-state index is 11.1. The lowest BCUT2D eigenvalue weighted by molar-refractivity contribution is 0.0697. The van der Waals surface area contributed by atoms with Crippen LogP contribution in [0.15, 0.2) is 18.2 Å². The fourth-order valence-corrected chi connectivity index (χ4v) is 3.83. The van der Waals surface area contributed by atoms with Crippen molar-refractivity contribution in [1.82, 2.24) is 9.55 Å². The zero-order valence-corrected chi connectivity index (χ0v) is 11.6. The number of thioether (sulfide) groups is 1. The molecule has 0 saturated carbocycles. The second-order valence-electron chi connectivity index (χ2n) is 4.88. The minimum Gasteiger partial charge on any atom is -0.478 e. The molecule has 4 nitrogen and oxygen atoms in total. The summed E-state index contributed by atoms with van der Waals surface area (Å²) in [6.07, 6.45) is 2.27. The van der Waals surface area contributed by atoms with Crippen molar-refractivity contribution in [2.24, 2.45) is 0 Å². The van der Waals surface area contributed by atoms with Crippen molar-refractivity contribution >= 4 is 28.8 Å². The number of rotatable bonds is 2. The molecule has 19 heavy (non-hydrogen) atoms. The molecule has 0 bridgehead atoms. The van der Waals surface area contributed by atoms with Crippen molar-refractivity contribution in [3.63, 3.8) is 0 Å². The van der Waals surface area contributed by atoms with Crippen LogP contribution in [0.4, 0.5) is 0 Å². The van der Waals surface area contributed by atoms with Crippen LogP contribution in [-0.4, -0.2) is 32.1 Å². The van der Waals surface area contributed by atoms with Crippen LogP contribution < -0.4 is 0 Å². The van der Waals surface area contributed by atoms with Crippen LogP contribution in [0.3, 0.4) is 0 Å². The Bertz CT molecular complexity index is 630. The molecule has 3 rings (SSSR count). The summed E-state index contributed by atoms with van der Waals surface area (Å²) in [7, 11) is 0. The summed E-state index contributed by atoms with van der Waals surface area (Å²) < 4.78 is 2.22. The molecule has 1 N–H and O–H groups in total. The van der Waals surface area contributed by atoms with Gasteiger partial charge in [-0.15, -0.1) is 0 Å². The Morgan fingerprint density at radius 3 is 2.84 bits per heavy atom. The van der Waals surface area contributed by atoms with E-state index in [0.717, 1.165) is 29.7 Å². The predicted octanol–water partition coefficient (Wildman–Crippen LogP) is 3.11. The maximum absolute atomic E-state index is 11.1. The molecule has 100 valence electrons. The number of aromatic nitrogens is 2. The highest BCUT2D eigenvalue weighted by Crippen LogP contribution is 2.31.